The van der Waals surface area contributed by atoms with Crippen molar-refractivity contribution >= 4 is 23.3 Å². The first-order valence-corrected chi connectivity index (χ1v) is 8.19. The zero-order valence-electron chi connectivity index (χ0n) is 11.4. The van der Waals surface area contributed by atoms with Gasteiger partial charge in [0.15, 0.2) is 4.34 Å². The average Bonchev–Trinajstić information content (AvgIpc) is 2.81. The van der Waals surface area contributed by atoms with Crippen molar-refractivity contribution < 1.29 is 4.74 Å². The van der Waals surface area contributed by atoms with Crippen LogP contribution in [0.1, 0.15) is 33.0 Å². The van der Waals surface area contributed by atoms with E-state index >= 15 is 0 Å². The summed E-state index contributed by atoms with van der Waals surface area (Å²) in [6.07, 6.45) is 1.99. The molecule has 0 aliphatic rings. The highest BCUT2D eigenvalue weighted by atomic mass is 32.2. The summed E-state index contributed by atoms with van der Waals surface area (Å²) in [4.78, 5) is 4.46. The number of nitrogens with one attached hydrogen (secondary N) is 1. The van der Waals surface area contributed by atoms with Crippen LogP contribution in [0.5, 0.6) is 0 Å². The molecular weight excluding hydrogens is 266 g/mol. The van der Waals surface area contributed by atoms with E-state index in [2.05, 4.69) is 28.5 Å². The number of ether oxygens (including phenoxy) is 1. The summed E-state index contributed by atoms with van der Waals surface area (Å²) in [5, 5.41) is 3.96. The molecule has 0 amide bonds. The van der Waals surface area contributed by atoms with Crippen LogP contribution >= 0.6 is 23.3 Å². The average molecular weight is 289 g/mol. The number of hydrogen-bond donors (Lipinski definition) is 1. The summed E-state index contributed by atoms with van der Waals surface area (Å²) in [5.74, 6) is 0.958. The second kappa shape index (κ2) is 9.72. The second-order valence-corrected chi connectivity index (χ2v) is 6.45. The molecule has 1 heterocycles. The van der Waals surface area contributed by atoms with Crippen LogP contribution in [-0.2, 0) is 11.2 Å². The summed E-state index contributed by atoms with van der Waals surface area (Å²) >= 11 is 3.31. The fraction of sp³-hybridized carbons (Fsp3) is 0.833. The quantitative estimate of drug-likeness (QED) is 0.530. The first-order valence-electron chi connectivity index (χ1n) is 6.54. The summed E-state index contributed by atoms with van der Waals surface area (Å²) < 4.78 is 10.7. The minimum absolute atomic E-state index is 0.523. The maximum absolute atomic E-state index is 5.29. The van der Waals surface area contributed by atoms with Crippen molar-refractivity contribution in [1.29, 1.82) is 0 Å². The number of nitrogens with zero attached hydrogens (tertiary/aromatic N) is 2. The first kappa shape index (κ1) is 15.9. The summed E-state index contributed by atoms with van der Waals surface area (Å²) in [6, 6.07) is 0. The number of aryl methyl sites for hydroxylation is 1. The lowest BCUT2D eigenvalue weighted by Gasteiger charge is -2.10. The van der Waals surface area contributed by atoms with Gasteiger partial charge in [-0.3, -0.25) is 0 Å². The van der Waals surface area contributed by atoms with Crippen LogP contribution in [0.15, 0.2) is 4.34 Å². The molecule has 0 fully saturated rings. The molecule has 18 heavy (non-hydrogen) atoms. The predicted octanol–water partition coefficient (Wildman–Crippen LogP) is 2.60. The Morgan fingerprint density at radius 3 is 2.94 bits per heavy atom. The fourth-order valence-electron chi connectivity index (χ4n) is 1.39. The molecule has 1 unspecified atom stereocenters. The van der Waals surface area contributed by atoms with Gasteiger partial charge in [-0.15, -0.1) is 0 Å². The number of rotatable bonds is 10. The summed E-state index contributed by atoms with van der Waals surface area (Å²) in [5.41, 5.74) is 0. The molecule has 4 nitrogen and oxygen atoms in total. The third-order valence-electron chi connectivity index (χ3n) is 2.35. The Bertz CT molecular complexity index is 320. The maximum Gasteiger partial charge on any atom is 0.170 e. The Balaban J connectivity index is 2.08. The van der Waals surface area contributed by atoms with Gasteiger partial charge in [0.1, 0.15) is 5.82 Å². The molecule has 0 aliphatic heterocycles. The van der Waals surface area contributed by atoms with Gasteiger partial charge in [0, 0.05) is 31.4 Å². The minimum Gasteiger partial charge on any atom is -0.382 e. The molecule has 0 saturated carbocycles. The number of hydrogen-bond acceptors (Lipinski definition) is 6. The molecule has 0 aromatic carbocycles. The number of aromatic nitrogens is 2. The van der Waals surface area contributed by atoms with E-state index in [-0.39, 0.29) is 0 Å². The molecule has 0 radical (unpaired) electrons. The highest BCUT2D eigenvalue weighted by molar-refractivity contribution is 8.01. The molecule has 1 aromatic heterocycles. The molecule has 0 spiro atoms. The Kier molecular flexibility index (Phi) is 8.58. The summed E-state index contributed by atoms with van der Waals surface area (Å²) in [7, 11) is 0. The lowest BCUT2D eigenvalue weighted by atomic mass is 10.4. The summed E-state index contributed by atoms with van der Waals surface area (Å²) in [6.45, 7) is 10.00. The normalized spacial score (nSPS) is 12.8. The van der Waals surface area contributed by atoms with Gasteiger partial charge in [-0.1, -0.05) is 25.6 Å². The largest absolute Gasteiger partial charge is 0.382 e. The van der Waals surface area contributed by atoms with Gasteiger partial charge in [0.2, 0.25) is 0 Å². The zero-order chi connectivity index (χ0) is 13.2. The van der Waals surface area contributed by atoms with Crippen LogP contribution in [-0.4, -0.2) is 40.9 Å². The van der Waals surface area contributed by atoms with Crippen LogP contribution in [0.3, 0.4) is 0 Å². The van der Waals surface area contributed by atoms with Gasteiger partial charge in [-0.2, -0.15) is 4.37 Å². The van der Waals surface area contributed by atoms with E-state index in [1.54, 1.807) is 11.8 Å². The van der Waals surface area contributed by atoms with E-state index < -0.39 is 0 Å². The van der Waals surface area contributed by atoms with E-state index in [1.807, 2.05) is 6.92 Å². The van der Waals surface area contributed by atoms with Crippen molar-refractivity contribution in [3.63, 3.8) is 0 Å². The van der Waals surface area contributed by atoms with Gasteiger partial charge in [-0.25, -0.2) is 4.98 Å². The Hall–Kier alpha value is -0.170. The van der Waals surface area contributed by atoms with Crippen molar-refractivity contribution in [2.75, 3.05) is 26.3 Å². The lowest BCUT2D eigenvalue weighted by Crippen LogP contribution is -2.24. The minimum atomic E-state index is 0.523. The van der Waals surface area contributed by atoms with Crippen LogP contribution in [0, 0.1) is 0 Å². The zero-order valence-corrected chi connectivity index (χ0v) is 13.1. The molecule has 1 rings (SSSR count). The Labute approximate surface area is 118 Å². The van der Waals surface area contributed by atoms with Crippen LogP contribution in [0.4, 0.5) is 0 Å². The molecule has 1 atom stereocenters. The first-order chi connectivity index (χ1) is 8.76. The third kappa shape index (κ3) is 6.68. The SMILES string of the molecule is CCOCCCNCC(C)Sc1nc(CC)ns1. The molecule has 1 aromatic rings. The van der Waals surface area contributed by atoms with E-state index in [9.17, 15) is 0 Å². The maximum atomic E-state index is 5.29. The molecule has 6 heteroatoms. The highest BCUT2D eigenvalue weighted by Gasteiger charge is 2.08. The van der Waals surface area contributed by atoms with Crippen molar-refractivity contribution in [3.8, 4) is 0 Å². The fourth-order valence-corrected chi connectivity index (χ4v) is 3.37. The van der Waals surface area contributed by atoms with Crippen LogP contribution in [0.2, 0.25) is 0 Å². The van der Waals surface area contributed by atoms with Crippen molar-refractivity contribution in [2.24, 2.45) is 0 Å². The topological polar surface area (TPSA) is 47.0 Å². The monoisotopic (exact) mass is 289 g/mol. The van der Waals surface area contributed by atoms with E-state index in [0.717, 1.165) is 49.3 Å². The predicted molar refractivity (Wildman–Crippen MR) is 78.6 cm³/mol. The molecule has 1 N–H and O–H groups in total. The highest BCUT2D eigenvalue weighted by Crippen LogP contribution is 2.24. The second-order valence-electron chi connectivity index (χ2n) is 4.01. The molecular formula is C12H23N3OS2. The smallest absolute Gasteiger partial charge is 0.170 e. The van der Waals surface area contributed by atoms with Crippen molar-refractivity contribution in [2.45, 2.75) is 43.2 Å². The molecule has 0 saturated heterocycles. The number of thioether (sulfide) groups is 1. The Morgan fingerprint density at radius 2 is 2.28 bits per heavy atom. The van der Waals surface area contributed by atoms with Crippen LogP contribution < -0.4 is 5.32 Å². The van der Waals surface area contributed by atoms with Crippen molar-refractivity contribution in [3.05, 3.63) is 5.82 Å². The van der Waals surface area contributed by atoms with Gasteiger partial charge >= 0.3 is 0 Å². The van der Waals surface area contributed by atoms with Gasteiger partial charge in [-0.05, 0) is 31.4 Å². The molecule has 104 valence electrons. The van der Waals surface area contributed by atoms with Gasteiger partial charge < -0.3 is 10.1 Å². The van der Waals surface area contributed by atoms with Gasteiger partial charge in [0.25, 0.3) is 0 Å². The lowest BCUT2D eigenvalue weighted by molar-refractivity contribution is 0.145. The van der Waals surface area contributed by atoms with E-state index in [4.69, 9.17) is 4.74 Å². The van der Waals surface area contributed by atoms with Crippen LogP contribution in [0.25, 0.3) is 0 Å². The molecule has 0 aliphatic carbocycles. The van der Waals surface area contributed by atoms with Gasteiger partial charge in [0.05, 0.1) is 0 Å². The van der Waals surface area contributed by atoms with E-state index in [0.29, 0.717) is 5.25 Å². The standard InChI is InChI=1S/C12H23N3OS2/c1-4-11-14-12(18-15-11)17-10(3)9-13-7-6-8-16-5-2/h10,13H,4-9H2,1-3H3. The van der Waals surface area contributed by atoms with E-state index in [1.165, 1.54) is 11.5 Å². The molecule has 0 bridgehead atoms. The van der Waals surface area contributed by atoms with Crippen molar-refractivity contribution in [1.82, 2.24) is 14.7 Å². The Morgan fingerprint density at radius 1 is 1.44 bits per heavy atom. The third-order valence-corrected chi connectivity index (χ3v) is 4.27.